The molecular weight excluding hydrogens is 1110 g/mol. The van der Waals surface area contributed by atoms with Crippen molar-refractivity contribution in [2.75, 3.05) is 51.2 Å². The van der Waals surface area contributed by atoms with Crippen molar-refractivity contribution in [1.29, 1.82) is 0 Å². The Kier molecular flexibility index (Phi) is 24.7. The van der Waals surface area contributed by atoms with Crippen LogP contribution in [0.1, 0.15) is 56.4 Å². The highest BCUT2D eigenvalue weighted by atomic mass is 79.9. The second-order valence-electron chi connectivity index (χ2n) is 19.3. The molecule has 4 saturated heterocycles. The predicted molar refractivity (Wildman–Crippen MR) is 324 cm³/mol. The van der Waals surface area contributed by atoms with Gasteiger partial charge in [0, 0.05) is 45.4 Å². The van der Waals surface area contributed by atoms with E-state index in [1.165, 1.54) is 41.0 Å². The first-order valence-electron chi connectivity index (χ1n) is 25.4. The van der Waals surface area contributed by atoms with Crippen molar-refractivity contribution in [3.05, 3.63) is 144 Å². The van der Waals surface area contributed by atoms with E-state index >= 15 is 0 Å². The lowest BCUT2D eigenvalue weighted by atomic mass is 9.87. The van der Waals surface area contributed by atoms with E-state index in [9.17, 15) is 5.11 Å². The quantitative estimate of drug-likeness (QED) is 0.121. The molecule has 1 N–H and O–H groups in total. The molecule has 4 aromatic rings. The molecule has 0 spiro atoms. The van der Waals surface area contributed by atoms with Gasteiger partial charge in [0.05, 0.1) is 53.4 Å². The number of aliphatic hydroxyl groups excluding tert-OH is 1. The molecule has 74 heavy (non-hydrogen) atoms. The van der Waals surface area contributed by atoms with Crippen LogP contribution >= 0.6 is 86.5 Å². The molecule has 10 rings (SSSR count). The van der Waals surface area contributed by atoms with Crippen molar-refractivity contribution < 1.29 is 28.8 Å². The average Bonchev–Trinajstić information content (AvgIpc) is 4.08. The number of fused-ring (bicyclic) bond motifs is 2. The number of nitrogens with zero attached hydrogens (tertiary/aromatic N) is 4. The molecule has 0 saturated carbocycles. The topological polar surface area (TPSA) is 97.6 Å². The highest BCUT2D eigenvalue weighted by molar-refractivity contribution is 9.08. The third kappa shape index (κ3) is 16.4. The maximum Gasteiger partial charge on any atom is 0.161 e. The Labute approximate surface area is 476 Å². The molecule has 4 aromatic carbocycles. The van der Waals surface area contributed by atoms with Gasteiger partial charge in [-0.3, -0.25) is 9.98 Å². The number of hydrogen-bond acceptors (Lipinski definition) is 16. The summed E-state index contributed by atoms with van der Waals surface area (Å²) in [6.45, 7) is 6.12. The molecule has 6 aliphatic heterocycles. The fraction of sp³-hybridized carbons (Fsp3) is 0.544. The van der Waals surface area contributed by atoms with Gasteiger partial charge in [0.15, 0.2) is 10.3 Å². The molecule has 6 aliphatic rings. The number of aliphatic imine (C=N–C) groups is 2. The summed E-state index contributed by atoms with van der Waals surface area (Å²) < 4.78 is 33.7. The van der Waals surface area contributed by atoms with E-state index in [1.54, 1.807) is 23.5 Å². The lowest BCUT2D eigenvalue weighted by molar-refractivity contribution is -0.178. The van der Waals surface area contributed by atoms with Crippen LogP contribution in [0.3, 0.4) is 0 Å². The van der Waals surface area contributed by atoms with E-state index in [2.05, 4.69) is 114 Å². The van der Waals surface area contributed by atoms with Gasteiger partial charge in [-0.15, -0.1) is 47.0 Å². The summed E-state index contributed by atoms with van der Waals surface area (Å²) in [6.07, 6.45) is 1.49. The first-order valence-corrected chi connectivity index (χ1v) is 32.5. The van der Waals surface area contributed by atoms with Crippen LogP contribution in [-0.4, -0.2) is 145 Å². The molecule has 0 amide bonds. The van der Waals surface area contributed by atoms with E-state index in [1.807, 2.05) is 123 Å². The largest absolute Gasteiger partial charge is 0.388 e. The predicted octanol–water partition coefficient (Wildman–Crippen LogP) is 12.5. The minimum absolute atomic E-state index is 0. The van der Waals surface area contributed by atoms with Gasteiger partial charge in [-0.25, -0.2) is 0 Å². The fourth-order valence-corrected chi connectivity index (χ4v) is 18.1. The minimum atomic E-state index is -0.506. The smallest absolute Gasteiger partial charge is 0.161 e. The van der Waals surface area contributed by atoms with Gasteiger partial charge in [0.2, 0.25) is 0 Å². The highest BCUT2D eigenvalue weighted by Gasteiger charge is 2.53. The van der Waals surface area contributed by atoms with Crippen LogP contribution in [0.5, 0.6) is 0 Å². The molecule has 12 atom stereocenters. The SMILES string of the molecule is BrCc1ccccc1.C.C[C@H]1[C@H](OCc2ccccc2)[C@H]2N=C(N(C)C)S[C@H]2O[C@@H]1C(O)C1SCCCS1.C[C@H]1[C@H](OCc2ccccc2)[C@H]2N=C(N(C)C)S[C@H]2O[C@@H]1C(OCc1ccccc1)C1SCCCS1. The number of ether oxygens (including phenoxy) is 5. The number of benzene rings is 4. The third-order valence-electron chi connectivity index (χ3n) is 13.4. The van der Waals surface area contributed by atoms with Gasteiger partial charge < -0.3 is 38.6 Å². The zero-order chi connectivity index (χ0) is 51.1. The van der Waals surface area contributed by atoms with Crippen molar-refractivity contribution >= 4 is 96.8 Å². The van der Waals surface area contributed by atoms with Gasteiger partial charge in [-0.05, 0) is 58.1 Å². The van der Waals surface area contributed by atoms with E-state index in [-0.39, 0.29) is 77.3 Å². The molecule has 2 unspecified atom stereocenters. The summed E-state index contributed by atoms with van der Waals surface area (Å²) in [5.41, 5.74) is 4.68. The van der Waals surface area contributed by atoms with Crippen LogP contribution in [0.4, 0.5) is 0 Å². The summed E-state index contributed by atoms with van der Waals surface area (Å²) in [6, 6.07) is 41.4. The molecule has 0 radical (unpaired) electrons. The number of alkyl halides is 1. The van der Waals surface area contributed by atoms with Gasteiger partial charge in [-0.2, -0.15) is 0 Å². The monoisotopic (exact) mass is 1180 g/mol. The van der Waals surface area contributed by atoms with Gasteiger partial charge >= 0.3 is 0 Å². The van der Waals surface area contributed by atoms with Crippen molar-refractivity contribution in [3.8, 4) is 0 Å². The summed E-state index contributed by atoms with van der Waals surface area (Å²) in [4.78, 5) is 14.1. The maximum atomic E-state index is 11.2. The zero-order valence-corrected chi connectivity index (χ0v) is 49.3. The Balaban J connectivity index is 0.000000188. The molecule has 0 aliphatic carbocycles. The molecule has 10 nitrogen and oxygen atoms in total. The number of thioether (sulfide) groups is 6. The standard InChI is InChI=1S/C28H36N2O3S3.C21H30N2O3S3.C7H7Br.CH4/c1-19-23(31-17-20-11-6-4-7-12-20)22-26(36-28(29-22)30(2)3)33-24(19)25(27-34-15-10-16-35-27)32-18-21-13-8-5-9-14-21;1-13-17(25-12-14-8-5-4-6-9-14)15-19(29-21(22-15)23(2)3)26-18(13)16(24)20-27-10-7-11-28-20;8-6-7-4-2-1-3-5-7;/h4-9,11-14,19,22-27H,10,15-18H2,1-3H3;4-6,8-9,13,15-20,24H,7,10-12H2,1-3H3;1-5H,6H2;1H4/t19-,22+,23-,24-,25?,26+;13-,15+,16?,17-,18-,19+;;/m00../s1. The molecule has 4 fully saturated rings. The van der Waals surface area contributed by atoms with Crippen molar-refractivity contribution in [2.45, 2.75) is 128 Å². The number of hydrogen-bond donors (Lipinski definition) is 1. The highest BCUT2D eigenvalue weighted by Crippen LogP contribution is 2.47. The molecule has 404 valence electrons. The van der Waals surface area contributed by atoms with Gasteiger partial charge in [0.25, 0.3) is 0 Å². The Morgan fingerprint density at radius 1 is 0.568 bits per heavy atom. The summed E-state index contributed by atoms with van der Waals surface area (Å²) in [7, 11) is 8.11. The second kappa shape index (κ2) is 30.5. The van der Waals surface area contributed by atoms with Crippen LogP contribution in [0.15, 0.2) is 131 Å². The second-order valence-corrected chi connectivity index (χ2v) is 27.6. The van der Waals surface area contributed by atoms with E-state index in [4.69, 9.17) is 33.7 Å². The molecule has 0 bridgehead atoms. The summed E-state index contributed by atoms with van der Waals surface area (Å²) in [5.74, 6) is 4.77. The zero-order valence-electron chi connectivity index (χ0n) is 42.8. The first-order chi connectivity index (χ1) is 35.6. The maximum absolute atomic E-state index is 11.2. The van der Waals surface area contributed by atoms with E-state index < -0.39 is 6.10 Å². The van der Waals surface area contributed by atoms with Crippen molar-refractivity contribution in [2.24, 2.45) is 21.8 Å². The average molecular weight is 1190 g/mol. The number of halogens is 1. The van der Waals surface area contributed by atoms with Crippen LogP contribution in [0.25, 0.3) is 0 Å². The molecular formula is C57H77BrN4O6S6. The first kappa shape index (κ1) is 59.8. The summed E-state index contributed by atoms with van der Waals surface area (Å²) in [5, 5.41) is 14.1. The Morgan fingerprint density at radius 3 is 1.35 bits per heavy atom. The van der Waals surface area contributed by atoms with Gasteiger partial charge in [-0.1, -0.05) is 182 Å². The molecule has 0 aromatic heterocycles. The van der Waals surface area contributed by atoms with E-state index in [0.717, 1.165) is 32.7 Å². The Hall–Kier alpha value is -1.84. The Bertz CT molecular complexity index is 2290. The van der Waals surface area contributed by atoms with Gasteiger partial charge in [0.1, 0.15) is 35.2 Å². The number of aliphatic hydroxyl groups is 1. The lowest BCUT2D eigenvalue weighted by Crippen LogP contribution is -2.57. The number of rotatable bonds is 14. The normalized spacial score (nSPS) is 28.5. The van der Waals surface area contributed by atoms with Crippen LogP contribution < -0.4 is 0 Å². The fourth-order valence-electron chi connectivity index (χ4n) is 9.47. The van der Waals surface area contributed by atoms with E-state index in [0.29, 0.717) is 24.4 Å². The van der Waals surface area contributed by atoms with Crippen LogP contribution in [0, 0.1) is 11.8 Å². The van der Waals surface area contributed by atoms with Crippen LogP contribution in [-0.2, 0) is 48.8 Å². The lowest BCUT2D eigenvalue weighted by Gasteiger charge is -2.46. The molecule has 17 heteroatoms. The number of amidine groups is 2. The Morgan fingerprint density at radius 2 is 0.946 bits per heavy atom. The van der Waals surface area contributed by atoms with Crippen molar-refractivity contribution in [1.82, 2.24) is 9.80 Å². The van der Waals surface area contributed by atoms with Crippen molar-refractivity contribution in [3.63, 3.8) is 0 Å². The summed E-state index contributed by atoms with van der Waals surface area (Å²) >= 11 is 14.5. The molecule has 6 heterocycles. The minimum Gasteiger partial charge on any atom is -0.388 e. The third-order valence-corrected chi connectivity index (χ3v) is 22.8. The van der Waals surface area contributed by atoms with Crippen LogP contribution in [0.2, 0.25) is 0 Å².